The Labute approximate surface area is 127 Å². The smallest absolute Gasteiger partial charge is 0.323 e. The summed E-state index contributed by atoms with van der Waals surface area (Å²) in [4.78, 5) is 23.9. The molecule has 1 aromatic rings. The van der Waals surface area contributed by atoms with Crippen molar-refractivity contribution in [1.82, 2.24) is 4.90 Å². The third-order valence-corrected chi connectivity index (χ3v) is 3.10. The number of carbonyl (C=O) groups is 2. The maximum absolute atomic E-state index is 12.1. The van der Waals surface area contributed by atoms with Crippen LogP contribution in [-0.2, 0) is 9.59 Å². The number of carboxylic acid groups (broad SMARTS) is 1. The maximum atomic E-state index is 12.1. The quantitative estimate of drug-likeness (QED) is 0.875. The number of carbonyl (C=O) groups excluding carboxylic acids is 1. The van der Waals surface area contributed by atoms with Crippen molar-refractivity contribution in [2.24, 2.45) is 0 Å². The van der Waals surface area contributed by atoms with E-state index in [1.807, 2.05) is 0 Å². The van der Waals surface area contributed by atoms with Gasteiger partial charge in [0.25, 0.3) is 5.91 Å². The molecule has 0 fully saturated rings. The van der Waals surface area contributed by atoms with Crippen molar-refractivity contribution < 1.29 is 19.4 Å². The molecule has 0 aliphatic rings. The summed E-state index contributed by atoms with van der Waals surface area (Å²) in [6.07, 6.45) is -0.840. The van der Waals surface area contributed by atoms with E-state index in [1.54, 1.807) is 19.1 Å². The van der Waals surface area contributed by atoms with E-state index in [0.717, 1.165) is 0 Å². The molecule has 1 atom stereocenters. The van der Waals surface area contributed by atoms with Gasteiger partial charge in [0.1, 0.15) is 12.3 Å². The van der Waals surface area contributed by atoms with E-state index >= 15 is 0 Å². The molecule has 0 heterocycles. The lowest BCUT2D eigenvalue weighted by Crippen LogP contribution is -2.43. The van der Waals surface area contributed by atoms with Crippen LogP contribution in [0.5, 0.6) is 5.75 Å². The predicted molar refractivity (Wildman–Crippen MR) is 76.4 cm³/mol. The second kappa shape index (κ2) is 7.36. The van der Waals surface area contributed by atoms with Crippen LogP contribution >= 0.6 is 23.2 Å². The molecule has 0 radical (unpaired) electrons. The zero-order chi connectivity index (χ0) is 15.3. The standard InChI is InChI=1S/C13H15Cl2NO4/c1-3-16(7-12(17)18)13(19)8(2)20-11-5-4-9(14)6-10(11)15/h4-6,8H,3,7H2,1-2H3,(H,17,18). The Morgan fingerprint density at radius 1 is 1.40 bits per heavy atom. The fraction of sp³-hybridized carbons (Fsp3) is 0.385. The van der Waals surface area contributed by atoms with Gasteiger partial charge in [-0.3, -0.25) is 9.59 Å². The van der Waals surface area contributed by atoms with Crippen LogP contribution in [0.15, 0.2) is 18.2 Å². The van der Waals surface area contributed by atoms with E-state index in [-0.39, 0.29) is 13.1 Å². The van der Waals surface area contributed by atoms with E-state index in [9.17, 15) is 9.59 Å². The topological polar surface area (TPSA) is 66.8 Å². The Balaban J connectivity index is 2.76. The maximum Gasteiger partial charge on any atom is 0.323 e. The Hall–Kier alpha value is -1.46. The van der Waals surface area contributed by atoms with Crippen LogP contribution in [0.3, 0.4) is 0 Å². The lowest BCUT2D eigenvalue weighted by atomic mass is 10.3. The van der Waals surface area contributed by atoms with E-state index < -0.39 is 18.0 Å². The van der Waals surface area contributed by atoms with Gasteiger partial charge in [0, 0.05) is 11.6 Å². The van der Waals surface area contributed by atoms with Crippen molar-refractivity contribution in [3.63, 3.8) is 0 Å². The summed E-state index contributed by atoms with van der Waals surface area (Å²) in [5.41, 5.74) is 0. The largest absolute Gasteiger partial charge is 0.480 e. The van der Waals surface area contributed by atoms with Gasteiger partial charge >= 0.3 is 5.97 Å². The molecule has 1 unspecified atom stereocenters. The number of carboxylic acids is 1. The molecule has 7 heteroatoms. The van der Waals surface area contributed by atoms with Gasteiger partial charge in [-0.1, -0.05) is 23.2 Å². The second-order valence-electron chi connectivity index (χ2n) is 4.08. The number of hydrogen-bond acceptors (Lipinski definition) is 3. The minimum Gasteiger partial charge on any atom is -0.480 e. The summed E-state index contributed by atoms with van der Waals surface area (Å²) in [7, 11) is 0. The fourth-order valence-corrected chi connectivity index (χ4v) is 2.03. The third kappa shape index (κ3) is 4.58. The lowest BCUT2D eigenvalue weighted by molar-refractivity contribution is -0.147. The van der Waals surface area contributed by atoms with Crippen molar-refractivity contribution in [2.45, 2.75) is 20.0 Å². The number of benzene rings is 1. The van der Waals surface area contributed by atoms with E-state index in [1.165, 1.54) is 17.9 Å². The minimum absolute atomic E-state index is 0.285. The first kappa shape index (κ1) is 16.6. The highest BCUT2D eigenvalue weighted by Gasteiger charge is 2.23. The van der Waals surface area contributed by atoms with Crippen LogP contribution in [0.2, 0.25) is 10.0 Å². The summed E-state index contributed by atoms with van der Waals surface area (Å²) < 4.78 is 5.45. The van der Waals surface area contributed by atoms with Crippen molar-refractivity contribution in [3.8, 4) is 5.75 Å². The number of likely N-dealkylation sites (N-methyl/N-ethyl adjacent to an activating group) is 1. The highest BCUT2D eigenvalue weighted by atomic mass is 35.5. The minimum atomic E-state index is -1.07. The molecule has 1 aromatic carbocycles. The van der Waals surface area contributed by atoms with Gasteiger partial charge in [-0.05, 0) is 32.0 Å². The predicted octanol–water partition coefficient (Wildman–Crippen LogP) is 2.69. The monoisotopic (exact) mass is 319 g/mol. The first-order valence-corrected chi connectivity index (χ1v) is 6.73. The molecule has 0 aliphatic carbocycles. The fourth-order valence-electron chi connectivity index (χ4n) is 1.58. The SMILES string of the molecule is CCN(CC(=O)O)C(=O)C(C)Oc1ccc(Cl)cc1Cl. The summed E-state index contributed by atoms with van der Waals surface area (Å²) in [6, 6.07) is 4.65. The molecular weight excluding hydrogens is 305 g/mol. The van der Waals surface area contributed by atoms with E-state index in [2.05, 4.69) is 0 Å². The average molecular weight is 320 g/mol. The number of nitrogens with zero attached hydrogens (tertiary/aromatic N) is 1. The van der Waals surface area contributed by atoms with Gasteiger partial charge in [0.05, 0.1) is 5.02 Å². The summed E-state index contributed by atoms with van der Waals surface area (Å²) in [5, 5.41) is 9.49. The van der Waals surface area contributed by atoms with Crippen LogP contribution in [0.25, 0.3) is 0 Å². The molecular formula is C13H15Cl2NO4. The van der Waals surface area contributed by atoms with E-state index in [4.69, 9.17) is 33.0 Å². The molecule has 20 heavy (non-hydrogen) atoms. The van der Waals surface area contributed by atoms with Crippen LogP contribution in [0.4, 0.5) is 0 Å². The first-order chi connectivity index (χ1) is 9.35. The number of ether oxygens (including phenoxy) is 1. The van der Waals surface area contributed by atoms with Gasteiger partial charge in [-0.15, -0.1) is 0 Å². The zero-order valence-corrected chi connectivity index (χ0v) is 12.6. The molecule has 0 saturated carbocycles. The molecule has 110 valence electrons. The lowest BCUT2D eigenvalue weighted by Gasteiger charge is -2.23. The van der Waals surface area contributed by atoms with Crippen LogP contribution < -0.4 is 4.74 Å². The van der Waals surface area contributed by atoms with Crippen molar-refractivity contribution in [1.29, 1.82) is 0 Å². The van der Waals surface area contributed by atoms with Crippen molar-refractivity contribution in [3.05, 3.63) is 28.2 Å². The third-order valence-electron chi connectivity index (χ3n) is 2.56. The Bertz CT molecular complexity index is 507. The molecule has 1 amide bonds. The summed E-state index contributed by atoms with van der Waals surface area (Å²) >= 11 is 11.7. The Morgan fingerprint density at radius 3 is 2.55 bits per heavy atom. The molecule has 1 N–H and O–H groups in total. The van der Waals surface area contributed by atoms with Crippen molar-refractivity contribution >= 4 is 35.1 Å². The molecule has 0 aliphatic heterocycles. The molecule has 1 rings (SSSR count). The molecule has 0 aromatic heterocycles. The molecule has 0 spiro atoms. The summed E-state index contributed by atoms with van der Waals surface area (Å²) in [6.45, 7) is 3.16. The normalized spacial score (nSPS) is 11.8. The van der Waals surface area contributed by atoms with Crippen LogP contribution in [-0.4, -0.2) is 41.1 Å². The number of hydrogen-bond donors (Lipinski definition) is 1. The second-order valence-corrected chi connectivity index (χ2v) is 4.92. The number of rotatable bonds is 6. The molecule has 0 saturated heterocycles. The summed E-state index contributed by atoms with van der Waals surface area (Å²) in [5.74, 6) is -1.17. The van der Waals surface area contributed by atoms with Gasteiger partial charge in [-0.2, -0.15) is 0 Å². The van der Waals surface area contributed by atoms with E-state index in [0.29, 0.717) is 15.8 Å². The first-order valence-electron chi connectivity index (χ1n) is 5.97. The van der Waals surface area contributed by atoms with Gasteiger partial charge < -0.3 is 14.7 Å². The van der Waals surface area contributed by atoms with Crippen LogP contribution in [0, 0.1) is 0 Å². The van der Waals surface area contributed by atoms with Crippen molar-refractivity contribution in [2.75, 3.05) is 13.1 Å². The highest BCUT2D eigenvalue weighted by molar-refractivity contribution is 6.35. The molecule has 5 nitrogen and oxygen atoms in total. The average Bonchev–Trinajstić information content (AvgIpc) is 2.38. The molecule has 0 bridgehead atoms. The van der Waals surface area contributed by atoms with Gasteiger partial charge in [0.15, 0.2) is 6.10 Å². The number of halogens is 2. The van der Waals surface area contributed by atoms with Crippen LogP contribution in [0.1, 0.15) is 13.8 Å². The number of aliphatic carboxylic acids is 1. The number of amides is 1. The van der Waals surface area contributed by atoms with Gasteiger partial charge in [-0.25, -0.2) is 0 Å². The Morgan fingerprint density at radius 2 is 2.05 bits per heavy atom. The van der Waals surface area contributed by atoms with Gasteiger partial charge in [0.2, 0.25) is 0 Å². The highest BCUT2D eigenvalue weighted by Crippen LogP contribution is 2.28. The zero-order valence-electron chi connectivity index (χ0n) is 11.1. The Kier molecular flexibility index (Phi) is 6.10.